The van der Waals surface area contributed by atoms with Gasteiger partial charge in [0, 0.05) is 5.56 Å². The van der Waals surface area contributed by atoms with E-state index in [1.165, 1.54) is 16.9 Å². The minimum Gasteiger partial charge on any atom is -0.207 e. The van der Waals surface area contributed by atoms with Crippen LogP contribution in [-0.4, -0.2) is 20.2 Å². The molecule has 0 N–H and O–H groups in total. The predicted octanol–water partition coefficient (Wildman–Crippen LogP) is 2.06. The summed E-state index contributed by atoms with van der Waals surface area (Å²) in [6, 6.07) is 6.21. The van der Waals surface area contributed by atoms with E-state index in [1.807, 2.05) is 13.8 Å². The van der Waals surface area contributed by atoms with Crippen LogP contribution < -0.4 is 0 Å². The zero-order valence-corrected chi connectivity index (χ0v) is 8.55. The minimum atomic E-state index is -0.269. The first-order chi connectivity index (χ1) is 7.16. The van der Waals surface area contributed by atoms with Crippen molar-refractivity contribution in [3.05, 3.63) is 30.1 Å². The number of rotatable bonds is 2. The largest absolute Gasteiger partial charge is 0.207 e. The Labute approximate surface area is 86.7 Å². The van der Waals surface area contributed by atoms with Crippen molar-refractivity contribution in [3.8, 4) is 11.4 Å². The van der Waals surface area contributed by atoms with Crippen molar-refractivity contribution >= 4 is 0 Å². The molecule has 0 aliphatic heterocycles. The molecule has 0 atom stereocenters. The Morgan fingerprint density at radius 2 is 1.87 bits per heavy atom. The first-order valence-corrected chi connectivity index (χ1v) is 4.72. The summed E-state index contributed by atoms with van der Waals surface area (Å²) < 4.78 is 12.7. The molecule has 0 bridgehead atoms. The van der Waals surface area contributed by atoms with Gasteiger partial charge < -0.3 is 0 Å². The molecule has 15 heavy (non-hydrogen) atoms. The standard InChI is InChI=1S/C10H11FN4/c1-7(2)15-13-10(12-14-15)8-3-5-9(11)6-4-8/h3-7H,1-2H3. The number of halogens is 1. The summed E-state index contributed by atoms with van der Waals surface area (Å²) in [5, 5.41) is 12.0. The average Bonchev–Trinajstić information content (AvgIpc) is 2.68. The predicted molar refractivity (Wildman–Crippen MR) is 53.6 cm³/mol. The van der Waals surface area contributed by atoms with Crippen LogP contribution in [0.2, 0.25) is 0 Å². The Bertz CT molecular complexity index is 447. The zero-order chi connectivity index (χ0) is 10.8. The molecule has 2 aromatic rings. The van der Waals surface area contributed by atoms with E-state index in [0.29, 0.717) is 5.82 Å². The molecule has 0 unspecified atom stereocenters. The van der Waals surface area contributed by atoms with Crippen LogP contribution in [-0.2, 0) is 0 Å². The quantitative estimate of drug-likeness (QED) is 0.755. The second-order valence-electron chi connectivity index (χ2n) is 3.53. The summed E-state index contributed by atoms with van der Waals surface area (Å²) in [6.45, 7) is 3.94. The van der Waals surface area contributed by atoms with Gasteiger partial charge in [0.15, 0.2) is 0 Å². The molecule has 5 heteroatoms. The number of tetrazole rings is 1. The molecule has 0 aliphatic carbocycles. The lowest BCUT2D eigenvalue weighted by Gasteiger charge is -1.99. The second-order valence-corrected chi connectivity index (χ2v) is 3.53. The number of hydrogen-bond acceptors (Lipinski definition) is 3. The molecule has 4 nitrogen and oxygen atoms in total. The van der Waals surface area contributed by atoms with E-state index in [-0.39, 0.29) is 11.9 Å². The van der Waals surface area contributed by atoms with Crippen molar-refractivity contribution in [1.82, 2.24) is 20.2 Å². The number of hydrogen-bond donors (Lipinski definition) is 0. The Kier molecular flexibility index (Phi) is 2.45. The second kappa shape index (κ2) is 3.76. The molecule has 0 radical (unpaired) electrons. The third-order valence-corrected chi connectivity index (χ3v) is 1.99. The molecule has 1 aromatic carbocycles. The molecule has 2 rings (SSSR count). The van der Waals surface area contributed by atoms with Gasteiger partial charge in [0.25, 0.3) is 0 Å². The maximum Gasteiger partial charge on any atom is 0.204 e. The fraction of sp³-hybridized carbons (Fsp3) is 0.300. The lowest BCUT2D eigenvalue weighted by molar-refractivity contribution is 0.455. The molecule has 0 amide bonds. The van der Waals surface area contributed by atoms with Crippen molar-refractivity contribution in [2.75, 3.05) is 0 Å². The van der Waals surface area contributed by atoms with Crippen LogP contribution in [0.25, 0.3) is 11.4 Å². The van der Waals surface area contributed by atoms with Gasteiger partial charge >= 0.3 is 0 Å². The maximum atomic E-state index is 12.7. The van der Waals surface area contributed by atoms with E-state index in [1.54, 1.807) is 12.1 Å². The van der Waals surface area contributed by atoms with Crippen LogP contribution in [0, 0.1) is 5.82 Å². The van der Waals surface area contributed by atoms with Crippen molar-refractivity contribution in [3.63, 3.8) is 0 Å². The van der Waals surface area contributed by atoms with Crippen molar-refractivity contribution in [2.24, 2.45) is 0 Å². The van der Waals surface area contributed by atoms with Gasteiger partial charge in [-0.15, -0.1) is 10.2 Å². The summed E-state index contributed by atoms with van der Waals surface area (Å²) in [5.74, 6) is 0.249. The molecule has 0 aliphatic rings. The highest BCUT2D eigenvalue weighted by atomic mass is 19.1. The van der Waals surface area contributed by atoms with E-state index in [9.17, 15) is 4.39 Å². The van der Waals surface area contributed by atoms with Gasteiger partial charge in [-0.3, -0.25) is 0 Å². The lowest BCUT2D eigenvalue weighted by atomic mass is 10.2. The number of benzene rings is 1. The van der Waals surface area contributed by atoms with Crippen molar-refractivity contribution in [2.45, 2.75) is 19.9 Å². The van der Waals surface area contributed by atoms with E-state index in [2.05, 4.69) is 15.4 Å². The molecule has 1 aromatic heterocycles. The molecule has 1 heterocycles. The third kappa shape index (κ3) is 2.01. The fourth-order valence-electron chi connectivity index (χ4n) is 1.16. The Balaban J connectivity index is 2.33. The first-order valence-electron chi connectivity index (χ1n) is 4.72. The van der Waals surface area contributed by atoms with Crippen LogP contribution in [0.4, 0.5) is 4.39 Å². The summed E-state index contributed by atoms with van der Waals surface area (Å²) in [7, 11) is 0. The highest BCUT2D eigenvalue weighted by molar-refractivity contribution is 5.53. The van der Waals surface area contributed by atoms with E-state index in [4.69, 9.17) is 0 Å². The van der Waals surface area contributed by atoms with Gasteiger partial charge in [0.1, 0.15) is 5.82 Å². The molecule has 0 fully saturated rings. The van der Waals surface area contributed by atoms with Gasteiger partial charge in [-0.1, -0.05) is 0 Å². The Hall–Kier alpha value is -1.78. The Morgan fingerprint density at radius 1 is 1.20 bits per heavy atom. The van der Waals surface area contributed by atoms with Gasteiger partial charge in [-0.05, 0) is 43.3 Å². The molecular weight excluding hydrogens is 195 g/mol. The van der Waals surface area contributed by atoms with Gasteiger partial charge in [-0.2, -0.15) is 4.80 Å². The first kappa shape index (κ1) is 9.76. The lowest BCUT2D eigenvalue weighted by Crippen LogP contribution is -2.04. The normalized spacial score (nSPS) is 10.9. The maximum absolute atomic E-state index is 12.7. The van der Waals surface area contributed by atoms with E-state index in [0.717, 1.165) is 5.56 Å². The van der Waals surface area contributed by atoms with Gasteiger partial charge in [0.05, 0.1) is 6.04 Å². The van der Waals surface area contributed by atoms with Crippen LogP contribution >= 0.6 is 0 Å². The zero-order valence-electron chi connectivity index (χ0n) is 8.55. The van der Waals surface area contributed by atoms with Crippen LogP contribution in [0.3, 0.4) is 0 Å². The van der Waals surface area contributed by atoms with Crippen LogP contribution in [0.5, 0.6) is 0 Å². The minimum absolute atomic E-state index is 0.173. The molecule has 0 saturated heterocycles. The monoisotopic (exact) mass is 206 g/mol. The summed E-state index contributed by atoms with van der Waals surface area (Å²) in [6.07, 6.45) is 0. The number of aromatic nitrogens is 4. The smallest absolute Gasteiger partial charge is 0.204 e. The van der Waals surface area contributed by atoms with E-state index >= 15 is 0 Å². The highest BCUT2D eigenvalue weighted by Crippen LogP contribution is 2.14. The summed E-state index contributed by atoms with van der Waals surface area (Å²) >= 11 is 0. The molecule has 78 valence electrons. The highest BCUT2D eigenvalue weighted by Gasteiger charge is 2.07. The summed E-state index contributed by atoms with van der Waals surface area (Å²) in [4.78, 5) is 1.53. The molecule has 0 saturated carbocycles. The summed E-state index contributed by atoms with van der Waals surface area (Å²) in [5.41, 5.74) is 0.767. The third-order valence-electron chi connectivity index (χ3n) is 1.99. The number of nitrogens with zero attached hydrogens (tertiary/aromatic N) is 4. The van der Waals surface area contributed by atoms with Gasteiger partial charge in [0.2, 0.25) is 5.82 Å². The van der Waals surface area contributed by atoms with Crippen molar-refractivity contribution in [1.29, 1.82) is 0 Å². The SMILES string of the molecule is CC(C)n1nnc(-c2ccc(F)cc2)n1. The molecule has 0 spiro atoms. The topological polar surface area (TPSA) is 43.6 Å². The van der Waals surface area contributed by atoms with Gasteiger partial charge in [-0.25, -0.2) is 4.39 Å². The Morgan fingerprint density at radius 3 is 2.40 bits per heavy atom. The molecular formula is C10H11FN4. The van der Waals surface area contributed by atoms with Crippen molar-refractivity contribution < 1.29 is 4.39 Å². The van der Waals surface area contributed by atoms with Crippen LogP contribution in [0.15, 0.2) is 24.3 Å². The fourth-order valence-corrected chi connectivity index (χ4v) is 1.16. The average molecular weight is 206 g/mol. The van der Waals surface area contributed by atoms with E-state index < -0.39 is 0 Å². The van der Waals surface area contributed by atoms with Crippen LogP contribution in [0.1, 0.15) is 19.9 Å².